The molecule has 1 saturated heterocycles. The summed E-state index contributed by atoms with van der Waals surface area (Å²) in [5.74, 6) is 1.65. The maximum Gasteiger partial charge on any atom is 0.361 e. The number of methoxy groups -OCH3 is 1. The standard InChI is InChI=1S/C30H34N6O7/c1-18(37)43-36(27-15-26(42-34-27)30(2,3)4)29(38)33-19-8-7-9-20(12-19)41-28-22-13-24(39-6)25(14-23(22)31-17-32-28)40-21-10-11-35(5)16-21/h7-9,12-15,17,21H,10-11,16H2,1-6H3,(H,33,38)/t21-/m1/s1. The van der Waals surface area contributed by atoms with Crippen LogP contribution in [-0.4, -0.2) is 65.4 Å². The van der Waals surface area contributed by atoms with Gasteiger partial charge in [0.05, 0.1) is 18.0 Å². The number of anilines is 2. The molecule has 1 N–H and O–H groups in total. The molecular weight excluding hydrogens is 556 g/mol. The number of likely N-dealkylation sites (tertiary alicyclic amines) is 1. The van der Waals surface area contributed by atoms with Crippen molar-refractivity contribution >= 4 is 34.4 Å². The largest absolute Gasteiger partial charge is 0.493 e. The van der Waals surface area contributed by atoms with Gasteiger partial charge in [-0.05, 0) is 31.7 Å². The lowest BCUT2D eigenvalue weighted by Gasteiger charge is -2.18. The number of likely N-dealkylation sites (N-methyl/N-ethyl adjacent to an activating group) is 1. The summed E-state index contributed by atoms with van der Waals surface area (Å²) < 4.78 is 23.3. The van der Waals surface area contributed by atoms with E-state index in [0.717, 1.165) is 24.6 Å². The molecule has 0 aliphatic carbocycles. The first-order valence-electron chi connectivity index (χ1n) is 13.7. The fourth-order valence-electron chi connectivity index (χ4n) is 4.50. The van der Waals surface area contributed by atoms with Crippen molar-refractivity contribution in [1.29, 1.82) is 0 Å². The molecule has 1 aliphatic heterocycles. The molecule has 0 saturated carbocycles. The highest BCUT2D eigenvalue weighted by molar-refractivity contribution is 6.00. The number of carbonyl (C=O) groups excluding carboxylic acids is 2. The molecule has 0 radical (unpaired) electrons. The lowest BCUT2D eigenvalue weighted by atomic mass is 9.93. The number of amides is 2. The van der Waals surface area contributed by atoms with Gasteiger partial charge in [-0.15, -0.1) is 0 Å². The van der Waals surface area contributed by atoms with Crippen molar-refractivity contribution in [2.45, 2.75) is 45.6 Å². The van der Waals surface area contributed by atoms with E-state index < -0.39 is 12.0 Å². The lowest BCUT2D eigenvalue weighted by Crippen LogP contribution is -2.36. The van der Waals surface area contributed by atoms with Crippen molar-refractivity contribution in [2.24, 2.45) is 0 Å². The van der Waals surface area contributed by atoms with Crippen LogP contribution in [0.4, 0.5) is 16.3 Å². The molecule has 0 bridgehead atoms. The van der Waals surface area contributed by atoms with Crippen LogP contribution in [0.1, 0.15) is 39.9 Å². The molecule has 2 amide bonds. The van der Waals surface area contributed by atoms with Crippen LogP contribution in [0.5, 0.6) is 23.1 Å². The van der Waals surface area contributed by atoms with Crippen LogP contribution in [0.15, 0.2) is 53.3 Å². The second-order valence-electron chi connectivity index (χ2n) is 11.2. The molecule has 13 nitrogen and oxygen atoms in total. The van der Waals surface area contributed by atoms with Crippen molar-refractivity contribution in [3.05, 3.63) is 54.6 Å². The fourth-order valence-corrected chi connectivity index (χ4v) is 4.50. The van der Waals surface area contributed by atoms with E-state index in [1.807, 2.05) is 26.8 Å². The summed E-state index contributed by atoms with van der Waals surface area (Å²) in [6.07, 6.45) is 2.40. The third-order valence-electron chi connectivity index (χ3n) is 6.68. The zero-order valence-corrected chi connectivity index (χ0v) is 24.9. The molecule has 1 aliphatic rings. The van der Waals surface area contributed by atoms with Gasteiger partial charge in [0.15, 0.2) is 11.5 Å². The SMILES string of the molecule is COc1cc2c(Oc3cccc(NC(=O)N(OC(C)=O)c4cc(C(C)(C)C)on4)c3)ncnc2cc1O[C@@H]1CCN(C)C1. The van der Waals surface area contributed by atoms with Crippen LogP contribution in [0.25, 0.3) is 10.9 Å². The van der Waals surface area contributed by atoms with Crippen molar-refractivity contribution in [3.8, 4) is 23.1 Å². The maximum atomic E-state index is 13.2. The molecule has 5 rings (SSSR count). The highest BCUT2D eigenvalue weighted by Gasteiger charge is 2.28. The summed E-state index contributed by atoms with van der Waals surface area (Å²) in [6, 6.07) is 11.0. The topological polar surface area (TPSA) is 141 Å². The van der Waals surface area contributed by atoms with Crippen molar-refractivity contribution in [3.63, 3.8) is 0 Å². The first kappa shape index (κ1) is 29.6. The number of hydrogen-bond acceptors (Lipinski definition) is 11. The van der Waals surface area contributed by atoms with Gasteiger partial charge in [0, 0.05) is 49.3 Å². The van der Waals surface area contributed by atoms with Crippen LogP contribution in [0, 0.1) is 0 Å². The minimum atomic E-state index is -0.765. The number of benzene rings is 2. The van der Waals surface area contributed by atoms with Gasteiger partial charge in [-0.2, -0.15) is 0 Å². The molecule has 0 spiro atoms. The molecule has 2 aromatic carbocycles. The van der Waals surface area contributed by atoms with E-state index in [0.29, 0.717) is 39.6 Å². The molecule has 13 heteroatoms. The number of rotatable bonds is 7. The average Bonchev–Trinajstić information content (AvgIpc) is 3.61. The van der Waals surface area contributed by atoms with Gasteiger partial charge in [0.2, 0.25) is 11.7 Å². The highest BCUT2D eigenvalue weighted by Crippen LogP contribution is 2.37. The van der Waals surface area contributed by atoms with Crippen LogP contribution in [-0.2, 0) is 15.0 Å². The average molecular weight is 591 g/mol. The van der Waals surface area contributed by atoms with Crippen molar-refractivity contribution in [1.82, 2.24) is 20.0 Å². The predicted molar refractivity (Wildman–Crippen MR) is 158 cm³/mol. The van der Waals surface area contributed by atoms with Gasteiger partial charge < -0.3 is 33.8 Å². The summed E-state index contributed by atoms with van der Waals surface area (Å²) in [5, 5.41) is 7.96. The Morgan fingerprint density at radius 2 is 1.93 bits per heavy atom. The smallest absolute Gasteiger partial charge is 0.361 e. The quantitative estimate of drug-likeness (QED) is 0.280. The minimum Gasteiger partial charge on any atom is -0.493 e. The number of nitrogens with zero attached hydrogens (tertiary/aromatic N) is 5. The number of urea groups is 1. The van der Waals surface area contributed by atoms with Crippen LogP contribution < -0.4 is 24.6 Å². The Balaban J connectivity index is 1.35. The second-order valence-corrected chi connectivity index (χ2v) is 11.2. The molecule has 2 aromatic heterocycles. The van der Waals surface area contributed by atoms with E-state index in [9.17, 15) is 9.59 Å². The third kappa shape index (κ3) is 6.95. The summed E-state index contributed by atoms with van der Waals surface area (Å²) in [7, 11) is 3.64. The number of ether oxygens (including phenoxy) is 3. The molecule has 1 fully saturated rings. The second kappa shape index (κ2) is 12.1. The fraction of sp³-hybridized carbons (Fsp3) is 0.367. The summed E-state index contributed by atoms with van der Waals surface area (Å²) in [5.41, 5.74) is 0.620. The zero-order chi connectivity index (χ0) is 30.7. The number of nitrogens with one attached hydrogen (secondary N) is 1. The molecule has 226 valence electrons. The number of fused-ring (bicyclic) bond motifs is 1. The van der Waals surface area contributed by atoms with E-state index >= 15 is 0 Å². The van der Waals surface area contributed by atoms with E-state index in [4.69, 9.17) is 23.6 Å². The monoisotopic (exact) mass is 590 g/mol. The molecule has 3 heterocycles. The first-order valence-corrected chi connectivity index (χ1v) is 13.7. The Bertz CT molecular complexity index is 1630. The first-order chi connectivity index (χ1) is 20.5. The Kier molecular flexibility index (Phi) is 8.35. The molecule has 4 aromatic rings. The van der Waals surface area contributed by atoms with Crippen molar-refractivity contribution in [2.75, 3.05) is 37.6 Å². The molecule has 43 heavy (non-hydrogen) atoms. The van der Waals surface area contributed by atoms with Crippen LogP contribution >= 0.6 is 0 Å². The Hall–Kier alpha value is -4.91. The number of carbonyl (C=O) groups is 2. The van der Waals surface area contributed by atoms with Gasteiger partial charge in [0.25, 0.3) is 0 Å². The molecular formula is C30H34N6O7. The van der Waals surface area contributed by atoms with Crippen molar-refractivity contribution < 1.29 is 33.2 Å². The van der Waals surface area contributed by atoms with E-state index in [2.05, 4.69) is 32.4 Å². The normalized spacial score (nSPS) is 15.3. The lowest BCUT2D eigenvalue weighted by molar-refractivity contribution is -0.141. The maximum absolute atomic E-state index is 13.2. The third-order valence-corrected chi connectivity index (χ3v) is 6.68. The Morgan fingerprint density at radius 3 is 2.60 bits per heavy atom. The van der Waals surface area contributed by atoms with E-state index in [1.54, 1.807) is 43.5 Å². The minimum absolute atomic E-state index is 0.0229. The van der Waals surface area contributed by atoms with Gasteiger partial charge in [-0.3, -0.25) is 0 Å². The highest BCUT2D eigenvalue weighted by atomic mass is 16.7. The van der Waals surface area contributed by atoms with E-state index in [-0.39, 0.29) is 23.2 Å². The van der Waals surface area contributed by atoms with Gasteiger partial charge >= 0.3 is 12.0 Å². The zero-order valence-electron chi connectivity index (χ0n) is 24.9. The Labute approximate surface area is 248 Å². The number of aromatic nitrogens is 3. The Morgan fingerprint density at radius 1 is 1.12 bits per heavy atom. The molecule has 1 atom stereocenters. The predicted octanol–water partition coefficient (Wildman–Crippen LogP) is 5.32. The van der Waals surface area contributed by atoms with E-state index in [1.165, 1.54) is 13.3 Å². The van der Waals surface area contributed by atoms with Gasteiger partial charge in [-0.1, -0.05) is 37.1 Å². The number of hydroxylamine groups is 1. The van der Waals surface area contributed by atoms with Crippen LogP contribution in [0.2, 0.25) is 0 Å². The summed E-state index contributed by atoms with van der Waals surface area (Å²) >= 11 is 0. The summed E-state index contributed by atoms with van der Waals surface area (Å²) in [4.78, 5) is 41.0. The summed E-state index contributed by atoms with van der Waals surface area (Å²) in [6.45, 7) is 8.78. The van der Waals surface area contributed by atoms with Gasteiger partial charge in [0.1, 0.15) is 23.9 Å². The number of hydrogen-bond donors (Lipinski definition) is 1. The van der Waals surface area contributed by atoms with Gasteiger partial charge in [-0.25, -0.2) is 19.6 Å². The molecule has 0 unspecified atom stereocenters. The van der Waals surface area contributed by atoms with Crippen LogP contribution in [0.3, 0.4) is 0 Å².